The van der Waals surface area contributed by atoms with Gasteiger partial charge in [-0.25, -0.2) is 4.72 Å². The summed E-state index contributed by atoms with van der Waals surface area (Å²) in [5, 5.41) is 0. The number of sulfonamides is 1. The van der Waals surface area contributed by atoms with Gasteiger partial charge in [-0.3, -0.25) is 4.79 Å². The maximum Gasteiger partial charge on any atom is 0.516 e. The molecule has 8 heteroatoms. The van der Waals surface area contributed by atoms with Crippen molar-refractivity contribution in [2.45, 2.75) is 18.3 Å². The van der Waals surface area contributed by atoms with Crippen molar-refractivity contribution in [3.63, 3.8) is 0 Å². The molecule has 0 bridgehead atoms. The maximum atomic E-state index is 12.3. The number of rotatable bonds is 4. The van der Waals surface area contributed by atoms with Crippen molar-refractivity contribution in [3.05, 3.63) is 71.3 Å². The molecule has 24 heavy (non-hydrogen) atoms. The zero-order valence-electron chi connectivity index (χ0n) is 12.5. The molecule has 0 aliphatic carbocycles. The van der Waals surface area contributed by atoms with Crippen LogP contribution in [0.15, 0.2) is 54.6 Å². The monoisotopic (exact) mass is 357 g/mol. The van der Waals surface area contributed by atoms with Crippen LogP contribution in [0, 0.1) is 0 Å². The summed E-state index contributed by atoms with van der Waals surface area (Å²) < 4.78 is 59.7. The largest absolute Gasteiger partial charge is 0.516 e. The van der Waals surface area contributed by atoms with Gasteiger partial charge in [0.25, 0.3) is 5.91 Å². The number of hydrogen-bond donors (Lipinski definition) is 1. The number of amides is 1. The fraction of sp³-hybridized carbons (Fsp3) is 0.188. The minimum Gasteiger partial charge on any atom is -0.268 e. The molecule has 128 valence electrons. The number of alkyl halides is 3. The van der Waals surface area contributed by atoms with E-state index in [0.29, 0.717) is 0 Å². The van der Waals surface area contributed by atoms with Gasteiger partial charge in [0, 0.05) is 11.5 Å². The molecule has 0 saturated carbocycles. The maximum absolute atomic E-state index is 12.3. The third-order valence-electron chi connectivity index (χ3n) is 3.50. The zero-order chi connectivity index (χ0) is 18.0. The Bertz CT molecular complexity index is 816. The normalized spacial score (nSPS) is 13.3. The van der Waals surface area contributed by atoms with E-state index in [0.717, 1.165) is 15.8 Å². The first-order valence-corrected chi connectivity index (χ1v) is 8.38. The van der Waals surface area contributed by atoms with Gasteiger partial charge < -0.3 is 0 Å². The van der Waals surface area contributed by atoms with Crippen molar-refractivity contribution in [1.29, 1.82) is 0 Å². The second-order valence-corrected chi connectivity index (χ2v) is 6.81. The lowest BCUT2D eigenvalue weighted by molar-refractivity contribution is -0.0446. The van der Waals surface area contributed by atoms with E-state index < -0.39 is 21.4 Å². The van der Waals surface area contributed by atoms with Gasteiger partial charge in [-0.2, -0.15) is 21.6 Å². The van der Waals surface area contributed by atoms with Crippen molar-refractivity contribution >= 4 is 15.9 Å². The molecular formula is C16H14F3NO3S. The standard InChI is InChI=1S/C16H14F3NO3S/c1-11(12-5-3-2-4-6-12)13-7-9-14(10-8-13)15(21)20-24(22,23)16(17,18)19/h2-11H,1H3,(H,20,21). The minimum atomic E-state index is -5.71. The first kappa shape index (κ1) is 18.0. The van der Waals surface area contributed by atoms with Gasteiger partial charge in [0.05, 0.1) is 0 Å². The van der Waals surface area contributed by atoms with Crippen molar-refractivity contribution in [2.75, 3.05) is 0 Å². The highest BCUT2D eigenvalue weighted by molar-refractivity contribution is 7.90. The van der Waals surface area contributed by atoms with Crippen LogP contribution in [0.3, 0.4) is 0 Å². The fourth-order valence-corrected chi connectivity index (χ4v) is 2.57. The van der Waals surface area contributed by atoms with Gasteiger partial charge in [0.15, 0.2) is 0 Å². The van der Waals surface area contributed by atoms with Crippen molar-refractivity contribution in [1.82, 2.24) is 4.72 Å². The van der Waals surface area contributed by atoms with Crippen LogP contribution in [0.5, 0.6) is 0 Å². The molecule has 4 nitrogen and oxygen atoms in total. The molecule has 1 unspecified atom stereocenters. The molecule has 0 spiro atoms. The van der Waals surface area contributed by atoms with E-state index in [1.165, 1.54) is 12.1 Å². The quantitative estimate of drug-likeness (QED) is 0.912. The van der Waals surface area contributed by atoms with E-state index >= 15 is 0 Å². The second-order valence-electron chi connectivity index (χ2n) is 5.13. The third kappa shape index (κ3) is 3.94. The highest BCUT2D eigenvalue weighted by Crippen LogP contribution is 2.25. The summed E-state index contributed by atoms with van der Waals surface area (Å²) in [5.74, 6) is -1.31. The Balaban J connectivity index is 2.16. The van der Waals surface area contributed by atoms with Crippen molar-refractivity contribution in [2.24, 2.45) is 0 Å². The average Bonchev–Trinajstić information content (AvgIpc) is 2.53. The minimum absolute atomic E-state index is 0.0159. The smallest absolute Gasteiger partial charge is 0.268 e. The van der Waals surface area contributed by atoms with E-state index in [4.69, 9.17) is 0 Å². The molecule has 0 saturated heterocycles. The average molecular weight is 357 g/mol. The van der Waals surface area contributed by atoms with Crippen molar-refractivity contribution in [3.8, 4) is 0 Å². The number of benzene rings is 2. The van der Waals surface area contributed by atoms with Gasteiger partial charge >= 0.3 is 15.5 Å². The molecule has 1 amide bonds. The summed E-state index contributed by atoms with van der Waals surface area (Å²) in [5.41, 5.74) is -3.83. The van der Waals surface area contributed by atoms with E-state index in [1.54, 1.807) is 12.1 Å². The number of halogens is 3. The predicted octanol–water partition coefficient (Wildman–Crippen LogP) is 3.42. The molecule has 0 heterocycles. The Hall–Kier alpha value is -2.35. The summed E-state index contributed by atoms with van der Waals surface area (Å²) >= 11 is 0. The molecule has 2 aromatic carbocycles. The van der Waals surface area contributed by atoms with Crippen LogP contribution in [-0.2, 0) is 10.0 Å². The number of carbonyl (C=O) groups is 1. The first-order chi connectivity index (χ1) is 11.1. The van der Waals surface area contributed by atoms with E-state index in [1.807, 2.05) is 37.3 Å². The van der Waals surface area contributed by atoms with Gasteiger partial charge in [0.1, 0.15) is 0 Å². The molecule has 0 aliphatic heterocycles. The SMILES string of the molecule is CC(c1ccccc1)c1ccc(C(=O)NS(=O)(=O)C(F)(F)F)cc1. The van der Waals surface area contributed by atoms with Crippen LogP contribution in [0.25, 0.3) is 0 Å². The lowest BCUT2D eigenvalue weighted by Crippen LogP contribution is -2.40. The molecule has 2 aromatic rings. The highest BCUT2D eigenvalue weighted by atomic mass is 32.2. The highest BCUT2D eigenvalue weighted by Gasteiger charge is 2.47. The Labute approximate surface area is 137 Å². The fourth-order valence-electron chi connectivity index (χ4n) is 2.10. The summed E-state index contributed by atoms with van der Waals surface area (Å²) in [6.07, 6.45) is 0. The third-order valence-corrected chi connectivity index (χ3v) is 4.57. The Kier molecular flexibility index (Phi) is 4.98. The van der Waals surface area contributed by atoms with Gasteiger partial charge in [-0.05, 0) is 23.3 Å². The van der Waals surface area contributed by atoms with Gasteiger partial charge in [0.2, 0.25) is 0 Å². The Morgan fingerprint density at radius 3 is 1.96 bits per heavy atom. The van der Waals surface area contributed by atoms with Crippen LogP contribution >= 0.6 is 0 Å². The van der Waals surface area contributed by atoms with Crippen LogP contribution in [0.4, 0.5) is 13.2 Å². The summed E-state index contributed by atoms with van der Waals surface area (Å²) in [6.45, 7) is 1.94. The Morgan fingerprint density at radius 2 is 1.46 bits per heavy atom. The number of hydrogen-bond acceptors (Lipinski definition) is 3. The summed E-state index contributed by atoms with van der Waals surface area (Å²) in [7, 11) is -5.71. The summed E-state index contributed by atoms with van der Waals surface area (Å²) in [4.78, 5) is 11.7. The van der Waals surface area contributed by atoms with Crippen LogP contribution in [0.2, 0.25) is 0 Å². The number of carbonyl (C=O) groups excluding carboxylic acids is 1. The van der Waals surface area contributed by atoms with E-state index in [9.17, 15) is 26.4 Å². The van der Waals surface area contributed by atoms with Crippen LogP contribution in [-0.4, -0.2) is 19.8 Å². The topological polar surface area (TPSA) is 63.2 Å². The molecule has 1 atom stereocenters. The van der Waals surface area contributed by atoms with Crippen LogP contribution < -0.4 is 4.72 Å². The lowest BCUT2D eigenvalue weighted by atomic mass is 9.92. The molecule has 0 aromatic heterocycles. The predicted molar refractivity (Wildman–Crippen MR) is 82.8 cm³/mol. The van der Waals surface area contributed by atoms with Crippen molar-refractivity contribution < 1.29 is 26.4 Å². The lowest BCUT2D eigenvalue weighted by Gasteiger charge is -2.13. The molecule has 2 rings (SSSR count). The summed E-state index contributed by atoms with van der Waals surface area (Å²) in [6, 6.07) is 15.2. The zero-order valence-corrected chi connectivity index (χ0v) is 13.4. The van der Waals surface area contributed by atoms with Gasteiger partial charge in [-0.15, -0.1) is 0 Å². The van der Waals surface area contributed by atoms with Crippen LogP contribution in [0.1, 0.15) is 34.3 Å². The molecule has 0 radical (unpaired) electrons. The van der Waals surface area contributed by atoms with E-state index in [2.05, 4.69) is 0 Å². The first-order valence-electron chi connectivity index (χ1n) is 6.90. The molecule has 0 fully saturated rings. The second kappa shape index (κ2) is 6.64. The molecular weight excluding hydrogens is 343 g/mol. The Morgan fingerprint density at radius 1 is 0.958 bits per heavy atom. The molecule has 1 N–H and O–H groups in total. The number of nitrogens with one attached hydrogen (secondary N) is 1. The van der Waals surface area contributed by atoms with E-state index in [-0.39, 0.29) is 11.5 Å². The van der Waals surface area contributed by atoms with Gasteiger partial charge in [-0.1, -0.05) is 49.4 Å². The molecule has 0 aliphatic rings.